The van der Waals surface area contributed by atoms with Gasteiger partial charge in [-0.3, -0.25) is 9.78 Å². The highest BCUT2D eigenvalue weighted by molar-refractivity contribution is 6.29. The van der Waals surface area contributed by atoms with Crippen LogP contribution in [0, 0.1) is 0 Å². The number of ether oxygens (including phenoxy) is 2. The second kappa shape index (κ2) is 9.03. The molecule has 2 aromatic heterocycles. The fourth-order valence-electron chi connectivity index (χ4n) is 2.36. The summed E-state index contributed by atoms with van der Waals surface area (Å²) in [4.78, 5) is 31.8. The smallest absolute Gasteiger partial charge is 0.339 e. The highest BCUT2D eigenvalue weighted by Gasteiger charge is 2.13. The maximum absolute atomic E-state index is 12.3. The Balaban J connectivity index is 1.58. The number of carbonyl (C=O) groups excluding carboxylic acids is 2. The van der Waals surface area contributed by atoms with E-state index in [4.69, 9.17) is 22.1 Å². The van der Waals surface area contributed by atoms with Crippen LogP contribution in [0.25, 0.3) is 0 Å². The number of amides is 1. The number of nitrogen functional groups attached to an aromatic ring is 1. The maximum atomic E-state index is 12.3. The SMILES string of the molecule is COC(=O)c1ccc(COc2ccc(NC(=O)c3nc(Cl)ccc3N)cc2)nc1. The first-order valence-corrected chi connectivity index (χ1v) is 8.83. The number of rotatable bonds is 6. The molecule has 1 aromatic carbocycles. The van der Waals surface area contributed by atoms with Crippen LogP contribution >= 0.6 is 11.6 Å². The molecule has 2 heterocycles. The van der Waals surface area contributed by atoms with Crippen LogP contribution < -0.4 is 15.8 Å². The van der Waals surface area contributed by atoms with Crippen molar-refractivity contribution >= 4 is 34.9 Å². The number of nitrogens with one attached hydrogen (secondary N) is 1. The molecule has 0 aliphatic rings. The number of carbonyl (C=O) groups is 2. The molecular formula is C20H17ClN4O4. The minimum atomic E-state index is -0.464. The Labute approximate surface area is 171 Å². The Morgan fingerprint density at radius 2 is 1.86 bits per heavy atom. The van der Waals surface area contributed by atoms with Gasteiger partial charge in [-0.25, -0.2) is 9.78 Å². The third-order valence-corrected chi connectivity index (χ3v) is 4.06. The molecule has 0 unspecified atom stereocenters. The summed E-state index contributed by atoms with van der Waals surface area (Å²) in [6.45, 7) is 0.218. The van der Waals surface area contributed by atoms with Gasteiger partial charge in [0, 0.05) is 11.9 Å². The van der Waals surface area contributed by atoms with Crippen molar-refractivity contribution in [3.8, 4) is 5.75 Å². The molecule has 0 aliphatic heterocycles. The minimum absolute atomic E-state index is 0.0549. The lowest BCUT2D eigenvalue weighted by atomic mass is 10.2. The van der Waals surface area contributed by atoms with Gasteiger partial charge in [0.25, 0.3) is 5.91 Å². The van der Waals surface area contributed by atoms with Crippen LogP contribution in [-0.2, 0) is 11.3 Å². The second-order valence-electron chi connectivity index (χ2n) is 5.87. The number of aromatic nitrogens is 2. The zero-order valence-electron chi connectivity index (χ0n) is 15.4. The first kappa shape index (κ1) is 20.1. The van der Waals surface area contributed by atoms with E-state index in [2.05, 4.69) is 20.0 Å². The van der Waals surface area contributed by atoms with E-state index in [0.29, 0.717) is 22.7 Å². The summed E-state index contributed by atoms with van der Waals surface area (Å²) < 4.78 is 10.3. The number of hydrogen-bond acceptors (Lipinski definition) is 7. The Hall–Kier alpha value is -3.65. The highest BCUT2D eigenvalue weighted by Crippen LogP contribution is 2.19. The predicted molar refractivity (Wildman–Crippen MR) is 108 cm³/mol. The molecular weight excluding hydrogens is 396 g/mol. The number of esters is 1. The first-order chi connectivity index (χ1) is 14.0. The van der Waals surface area contributed by atoms with Crippen molar-refractivity contribution in [3.05, 3.63) is 76.8 Å². The monoisotopic (exact) mass is 412 g/mol. The molecule has 0 aliphatic carbocycles. The van der Waals surface area contributed by atoms with Crippen LogP contribution in [0.1, 0.15) is 26.5 Å². The van der Waals surface area contributed by atoms with Crippen molar-refractivity contribution in [1.82, 2.24) is 9.97 Å². The third kappa shape index (κ3) is 5.20. The van der Waals surface area contributed by atoms with Gasteiger partial charge >= 0.3 is 5.97 Å². The zero-order chi connectivity index (χ0) is 20.8. The summed E-state index contributed by atoms with van der Waals surface area (Å²) in [5.74, 6) is -0.326. The maximum Gasteiger partial charge on any atom is 0.339 e. The van der Waals surface area contributed by atoms with Crippen LogP contribution in [-0.4, -0.2) is 29.0 Å². The number of nitrogens with two attached hydrogens (primary N) is 1. The van der Waals surface area contributed by atoms with E-state index >= 15 is 0 Å². The quantitative estimate of drug-likeness (QED) is 0.471. The molecule has 0 fully saturated rings. The number of methoxy groups -OCH3 is 1. The van der Waals surface area contributed by atoms with Crippen LogP contribution in [0.2, 0.25) is 5.15 Å². The summed E-state index contributed by atoms with van der Waals surface area (Å²) >= 11 is 5.81. The molecule has 0 saturated carbocycles. The summed E-state index contributed by atoms with van der Waals surface area (Å²) in [6, 6.07) is 13.1. The molecule has 0 atom stereocenters. The van der Waals surface area contributed by atoms with E-state index in [0.717, 1.165) is 0 Å². The van der Waals surface area contributed by atoms with E-state index in [9.17, 15) is 9.59 Å². The first-order valence-electron chi connectivity index (χ1n) is 8.46. The Bertz CT molecular complexity index is 1020. The van der Waals surface area contributed by atoms with Crippen LogP contribution in [0.5, 0.6) is 5.75 Å². The zero-order valence-corrected chi connectivity index (χ0v) is 16.1. The molecule has 0 spiro atoms. The molecule has 148 valence electrons. The summed E-state index contributed by atoms with van der Waals surface area (Å²) in [6.07, 6.45) is 1.43. The Morgan fingerprint density at radius 1 is 1.10 bits per heavy atom. The number of pyridine rings is 2. The topological polar surface area (TPSA) is 116 Å². The van der Waals surface area contributed by atoms with Crippen LogP contribution in [0.3, 0.4) is 0 Å². The largest absolute Gasteiger partial charge is 0.487 e. The average molecular weight is 413 g/mol. The van der Waals surface area contributed by atoms with E-state index in [1.165, 1.54) is 25.4 Å². The summed E-state index contributed by atoms with van der Waals surface area (Å²) in [5, 5.41) is 2.88. The van der Waals surface area contributed by atoms with Crippen molar-refractivity contribution < 1.29 is 19.1 Å². The fraction of sp³-hybridized carbons (Fsp3) is 0.100. The second-order valence-corrected chi connectivity index (χ2v) is 6.26. The standard InChI is InChI=1S/C20H17ClN4O4/c1-28-20(27)12-2-3-14(23-10-12)11-29-15-6-4-13(5-7-15)24-19(26)18-16(22)8-9-17(21)25-18/h2-10H,11,22H2,1H3,(H,24,26). The number of hydrogen-bond donors (Lipinski definition) is 2. The van der Waals surface area contributed by atoms with Crippen molar-refractivity contribution in [1.29, 1.82) is 0 Å². The lowest BCUT2D eigenvalue weighted by molar-refractivity contribution is 0.0600. The number of benzene rings is 1. The molecule has 3 N–H and O–H groups in total. The van der Waals surface area contributed by atoms with Crippen molar-refractivity contribution in [2.75, 3.05) is 18.2 Å². The van der Waals surface area contributed by atoms with E-state index in [1.54, 1.807) is 36.4 Å². The van der Waals surface area contributed by atoms with E-state index in [1.807, 2.05) is 0 Å². The lowest BCUT2D eigenvalue weighted by Gasteiger charge is -2.09. The van der Waals surface area contributed by atoms with Gasteiger partial charge in [0.2, 0.25) is 0 Å². The normalized spacial score (nSPS) is 10.3. The number of anilines is 2. The third-order valence-electron chi connectivity index (χ3n) is 3.85. The van der Waals surface area contributed by atoms with Crippen LogP contribution in [0.15, 0.2) is 54.7 Å². The van der Waals surface area contributed by atoms with Crippen molar-refractivity contribution in [2.45, 2.75) is 6.61 Å². The van der Waals surface area contributed by atoms with Gasteiger partial charge in [-0.15, -0.1) is 0 Å². The molecule has 0 bridgehead atoms. The van der Waals surface area contributed by atoms with Gasteiger partial charge in [0.05, 0.1) is 24.1 Å². The molecule has 3 aromatic rings. The van der Waals surface area contributed by atoms with Gasteiger partial charge in [-0.1, -0.05) is 11.6 Å². The van der Waals surface area contributed by atoms with Crippen molar-refractivity contribution in [3.63, 3.8) is 0 Å². The van der Waals surface area contributed by atoms with Gasteiger partial charge in [-0.05, 0) is 48.5 Å². The molecule has 3 rings (SSSR count). The molecule has 1 amide bonds. The Morgan fingerprint density at radius 3 is 2.52 bits per heavy atom. The van der Waals surface area contributed by atoms with E-state index in [-0.39, 0.29) is 23.1 Å². The molecule has 0 radical (unpaired) electrons. The number of nitrogens with zero attached hydrogens (tertiary/aromatic N) is 2. The predicted octanol–water partition coefficient (Wildman–Crippen LogP) is 3.33. The summed E-state index contributed by atoms with van der Waals surface area (Å²) in [7, 11) is 1.31. The van der Waals surface area contributed by atoms with Gasteiger partial charge in [0.1, 0.15) is 17.5 Å². The van der Waals surface area contributed by atoms with Gasteiger partial charge in [0.15, 0.2) is 5.69 Å². The van der Waals surface area contributed by atoms with Gasteiger partial charge in [-0.2, -0.15) is 0 Å². The Kier molecular flexibility index (Phi) is 6.25. The fourth-order valence-corrected chi connectivity index (χ4v) is 2.51. The van der Waals surface area contributed by atoms with Crippen LogP contribution in [0.4, 0.5) is 11.4 Å². The molecule has 29 heavy (non-hydrogen) atoms. The number of halogens is 1. The lowest BCUT2D eigenvalue weighted by Crippen LogP contribution is -2.16. The minimum Gasteiger partial charge on any atom is -0.487 e. The van der Waals surface area contributed by atoms with Crippen molar-refractivity contribution in [2.24, 2.45) is 0 Å². The van der Waals surface area contributed by atoms with E-state index < -0.39 is 11.9 Å². The molecule has 8 nitrogen and oxygen atoms in total. The van der Waals surface area contributed by atoms with Gasteiger partial charge < -0.3 is 20.5 Å². The highest BCUT2D eigenvalue weighted by atomic mass is 35.5. The average Bonchev–Trinajstić information content (AvgIpc) is 2.74. The molecule has 9 heteroatoms. The molecule has 0 saturated heterocycles. The summed E-state index contributed by atoms with van der Waals surface area (Å²) in [5.41, 5.74) is 7.61.